The molecule has 2 aromatic rings. The fourth-order valence-corrected chi connectivity index (χ4v) is 2.04. The first-order valence-corrected chi connectivity index (χ1v) is 7.07. The zero-order valence-electron chi connectivity index (χ0n) is 11.9. The number of pyridine rings is 1. The van der Waals surface area contributed by atoms with Gasteiger partial charge in [0.1, 0.15) is 5.75 Å². The van der Waals surface area contributed by atoms with E-state index in [1.54, 1.807) is 6.20 Å². The number of aromatic nitrogens is 3. The van der Waals surface area contributed by atoms with Gasteiger partial charge in [0, 0.05) is 35.8 Å². The Morgan fingerprint density at radius 1 is 1.45 bits per heavy atom. The summed E-state index contributed by atoms with van der Waals surface area (Å²) in [7, 11) is 1.96. The van der Waals surface area contributed by atoms with Crippen LogP contribution < -0.4 is 10.1 Å². The lowest BCUT2D eigenvalue weighted by molar-refractivity contribution is 0.304. The molecule has 1 saturated carbocycles. The molecule has 2 aromatic heterocycles. The number of nitrogens with zero attached hydrogens (tertiary/aromatic N) is 3. The van der Waals surface area contributed by atoms with Crippen molar-refractivity contribution in [1.82, 2.24) is 20.1 Å². The summed E-state index contributed by atoms with van der Waals surface area (Å²) in [4.78, 5) is 4.21. The first-order valence-electron chi connectivity index (χ1n) is 7.07. The monoisotopic (exact) mass is 272 g/mol. The third kappa shape index (κ3) is 2.99. The Hall–Kier alpha value is -1.88. The van der Waals surface area contributed by atoms with E-state index in [0.29, 0.717) is 12.1 Å². The van der Waals surface area contributed by atoms with Crippen molar-refractivity contribution in [2.75, 3.05) is 7.05 Å². The Labute approximate surface area is 119 Å². The molecule has 106 valence electrons. The molecule has 0 aliphatic heterocycles. The van der Waals surface area contributed by atoms with Gasteiger partial charge < -0.3 is 10.1 Å². The second kappa shape index (κ2) is 5.63. The second-order valence-corrected chi connectivity index (χ2v) is 5.33. The lowest BCUT2D eigenvalue weighted by Crippen LogP contribution is -2.26. The van der Waals surface area contributed by atoms with Gasteiger partial charge in [-0.2, -0.15) is 5.10 Å². The normalized spacial score (nSPS) is 16.1. The summed E-state index contributed by atoms with van der Waals surface area (Å²) >= 11 is 0. The molecule has 3 rings (SSSR count). The highest BCUT2D eigenvalue weighted by atomic mass is 16.5. The molecule has 20 heavy (non-hydrogen) atoms. The number of likely N-dealkylation sites (N-methyl/N-ethyl adjacent to an activating group) is 1. The summed E-state index contributed by atoms with van der Waals surface area (Å²) in [5, 5.41) is 7.62. The van der Waals surface area contributed by atoms with Gasteiger partial charge in [0.25, 0.3) is 0 Å². The van der Waals surface area contributed by atoms with E-state index in [4.69, 9.17) is 4.74 Å². The third-order valence-corrected chi connectivity index (χ3v) is 3.50. The lowest BCUT2D eigenvalue weighted by Gasteiger charge is -2.10. The summed E-state index contributed by atoms with van der Waals surface area (Å²) in [6, 6.07) is 2.32. The van der Waals surface area contributed by atoms with E-state index in [2.05, 4.69) is 22.3 Å². The summed E-state index contributed by atoms with van der Waals surface area (Å²) < 4.78 is 7.88. The number of nitrogens with one attached hydrogen (secondary N) is 1. The van der Waals surface area contributed by atoms with Crippen LogP contribution in [0.1, 0.15) is 19.8 Å². The van der Waals surface area contributed by atoms with Gasteiger partial charge in [0.2, 0.25) is 0 Å². The predicted molar refractivity (Wildman–Crippen MR) is 77.6 cm³/mol. The highest BCUT2D eigenvalue weighted by molar-refractivity contribution is 5.68. The van der Waals surface area contributed by atoms with Crippen molar-refractivity contribution in [3.63, 3.8) is 0 Å². The number of rotatable bonds is 6. The zero-order chi connectivity index (χ0) is 13.9. The SMILES string of the molecule is CNC(C)Cn1cc(-c2cnccc2OC2CC2)cn1. The summed E-state index contributed by atoms with van der Waals surface area (Å²) in [5.74, 6) is 0.906. The maximum Gasteiger partial charge on any atom is 0.130 e. The first kappa shape index (κ1) is 13.1. The highest BCUT2D eigenvalue weighted by Crippen LogP contribution is 2.33. The molecular formula is C15H20N4O. The van der Waals surface area contributed by atoms with Crippen molar-refractivity contribution in [2.45, 2.75) is 38.5 Å². The first-order chi connectivity index (χ1) is 9.76. The molecule has 0 bridgehead atoms. The van der Waals surface area contributed by atoms with Crippen LogP contribution in [0.5, 0.6) is 5.75 Å². The van der Waals surface area contributed by atoms with E-state index in [-0.39, 0.29) is 0 Å². The molecule has 0 spiro atoms. The van der Waals surface area contributed by atoms with E-state index in [1.165, 1.54) is 0 Å². The van der Waals surface area contributed by atoms with Crippen LogP contribution in [0.25, 0.3) is 11.1 Å². The van der Waals surface area contributed by atoms with Crippen molar-refractivity contribution < 1.29 is 4.74 Å². The van der Waals surface area contributed by atoms with Crippen LogP contribution in [0.2, 0.25) is 0 Å². The fourth-order valence-electron chi connectivity index (χ4n) is 2.04. The molecule has 1 atom stereocenters. The second-order valence-electron chi connectivity index (χ2n) is 5.33. The molecule has 1 N–H and O–H groups in total. The van der Waals surface area contributed by atoms with Crippen molar-refractivity contribution in [3.8, 4) is 16.9 Å². The van der Waals surface area contributed by atoms with Crippen LogP contribution in [0.15, 0.2) is 30.9 Å². The highest BCUT2D eigenvalue weighted by Gasteiger charge is 2.24. The average Bonchev–Trinajstić information content (AvgIpc) is 3.16. The van der Waals surface area contributed by atoms with Crippen LogP contribution in [0.4, 0.5) is 0 Å². The Balaban J connectivity index is 1.81. The number of hydrogen-bond donors (Lipinski definition) is 1. The molecule has 0 amide bonds. The van der Waals surface area contributed by atoms with Gasteiger partial charge in [-0.05, 0) is 32.9 Å². The quantitative estimate of drug-likeness (QED) is 0.875. The van der Waals surface area contributed by atoms with Gasteiger partial charge >= 0.3 is 0 Å². The lowest BCUT2D eigenvalue weighted by atomic mass is 10.1. The van der Waals surface area contributed by atoms with E-state index in [9.17, 15) is 0 Å². The fraction of sp³-hybridized carbons (Fsp3) is 0.467. The van der Waals surface area contributed by atoms with Gasteiger partial charge in [0.05, 0.1) is 18.8 Å². The zero-order valence-corrected chi connectivity index (χ0v) is 11.9. The largest absolute Gasteiger partial charge is 0.490 e. The standard InChI is InChI=1S/C15H20N4O/c1-11(16-2)9-19-10-12(7-18-19)14-8-17-6-5-15(14)20-13-3-4-13/h5-8,10-11,13,16H,3-4,9H2,1-2H3. The molecule has 1 fully saturated rings. The topological polar surface area (TPSA) is 52.0 Å². The Kier molecular flexibility index (Phi) is 3.69. The van der Waals surface area contributed by atoms with Gasteiger partial charge in [0.15, 0.2) is 0 Å². The van der Waals surface area contributed by atoms with Gasteiger partial charge in [-0.3, -0.25) is 9.67 Å². The number of ether oxygens (including phenoxy) is 1. The summed E-state index contributed by atoms with van der Waals surface area (Å²) in [6.07, 6.45) is 10.2. The number of hydrogen-bond acceptors (Lipinski definition) is 4. The minimum atomic E-state index is 0.385. The van der Waals surface area contributed by atoms with E-state index < -0.39 is 0 Å². The van der Waals surface area contributed by atoms with Gasteiger partial charge in [-0.1, -0.05) is 0 Å². The Morgan fingerprint density at radius 3 is 3.05 bits per heavy atom. The molecule has 0 saturated heterocycles. The molecule has 5 nitrogen and oxygen atoms in total. The predicted octanol–water partition coefficient (Wildman–Crippen LogP) is 2.09. The van der Waals surface area contributed by atoms with Crippen LogP contribution in [0, 0.1) is 0 Å². The maximum atomic E-state index is 5.93. The third-order valence-electron chi connectivity index (χ3n) is 3.50. The molecule has 1 unspecified atom stereocenters. The van der Waals surface area contributed by atoms with Crippen LogP contribution >= 0.6 is 0 Å². The van der Waals surface area contributed by atoms with Crippen LogP contribution in [-0.4, -0.2) is 34.0 Å². The Bertz CT molecular complexity index is 577. The van der Waals surface area contributed by atoms with Crippen molar-refractivity contribution in [1.29, 1.82) is 0 Å². The van der Waals surface area contributed by atoms with Crippen molar-refractivity contribution >= 4 is 0 Å². The molecule has 0 radical (unpaired) electrons. The molecule has 2 heterocycles. The summed E-state index contributed by atoms with van der Waals surface area (Å²) in [6.45, 7) is 2.97. The minimum absolute atomic E-state index is 0.385. The van der Waals surface area contributed by atoms with Crippen LogP contribution in [-0.2, 0) is 6.54 Å². The van der Waals surface area contributed by atoms with Gasteiger partial charge in [-0.25, -0.2) is 0 Å². The van der Waals surface area contributed by atoms with E-state index >= 15 is 0 Å². The van der Waals surface area contributed by atoms with E-state index in [1.807, 2.05) is 36.4 Å². The van der Waals surface area contributed by atoms with Gasteiger partial charge in [-0.15, -0.1) is 0 Å². The molecule has 1 aliphatic rings. The molecule has 0 aromatic carbocycles. The van der Waals surface area contributed by atoms with Crippen molar-refractivity contribution in [2.24, 2.45) is 0 Å². The molecule has 5 heteroatoms. The minimum Gasteiger partial charge on any atom is -0.490 e. The molecular weight excluding hydrogens is 252 g/mol. The molecule has 1 aliphatic carbocycles. The maximum absolute atomic E-state index is 5.93. The van der Waals surface area contributed by atoms with E-state index in [0.717, 1.165) is 36.3 Å². The average molecular weight is 272 g/mol. The van der Waals surface area contributed by atoms with Crippen molar-refractivity contribution in [3.05, 3.63) is 30.9 Å². The Morgan fingerprint density at radius 2 is 2.30 bits per heavy atom. The summed E-state index contributed by atoms with van der Waals surface area (Å²) in [5.41, 5.74) is 2.07. The smallest absolute Gasteiger partial charge is 0.130 e. The van der Waals surface area contributed by atoms with Crippen LogP contribution in [0.3, 0.4) is 0 Å².